The molecule has 1 aromatic rings. The minimum Gasteiger partial charge on any atom is -0.466 e. The standard InChI is InChI=1S/C12H19NO2Si/c1-4-15-12(14)9-16(2,3)11-7-5-10(13)6-8-11/h5-8H,4,9,13H2,1-3H3. The quantitative estimate of drug-likeness (QED) is 0.493. The van der Waals surface area contributed by atoms with Crippen LogP contribution in [0.4, 0.5) is 5.69 Å². The summed E-state index contributed by atoms with van der Waals surface area (Å²) in [5.74, 6) is -0.101. The molecule has 0 fully saturated rings. The maximum Gasteiger partial charge on any atom is 0.303 e. The summed E-state index contributed by atoms with van der Waals surface area (Å²) in [6.07, 6.45) is 0. The van der Waals surface area contributed by atoms with E-state index in [1.54, 1.807) is 0 Å². The number of nitrogen functional groups attached to an aromatic ring is 1. The second-order valence-corrected chi connectivity index (χ2v) is 9.19. The van der Waals surface area contributed by atoms with Crippen molar-refractivity contribution in [3.63, 3.8) is 0 Å². The molecular formula is C12H19NO2Si. The van der Waals surface area contributed by atoms with Gasteiger partial charge in [0.1, 0.15) is 0 Å². The number of ether oxygens (including phenoxy) is 1. The normalized spacial score (nSPS) is 11.2. The second-order valence-electron chi connectivity index (χ2n) is 4.49. The van der Waals surface area contributed by atoms with Crippen LogP contribution in [0.2, 0.25) is 19.1 Å². The highest BCUT2D eigenvalue weighted by Crippen LogP contribution is 2.12. The largest absolute Gasteiger partial charge is 0.466 e. The van der Waals surface area contributed by atoms with Crippen LogP contribution in [0.5, 0.6) is 0 Å². The van der Waals surface area contributed by atoms with Gasteiger partial charge in [-0.1, -0.05) is 30.4 Å². The van der Waals surface area contributed by atoms with E-state index < -0.39 is 8.07 Å². The third-order valence-corrected chi connectivity index (χ3v) is 5.65. The molecule has 0 unspecified atom stereocenters. The first-order valence-corrected chi connectivity index (χ1v) is 8.68. The van der Waals surface area contributed by atoms with E-state index in [1.807, 2.05) is 31.2 Å². The lowest BCUT2D eigenvalue weighted by molar-refractivity contribution is -0.140. The molecule has 0 radical (unpaired) electrons. The average molecular weight is 237 g/mol. The first-order valence-electron chi connectivity index (χ1n) is 5.47. The molecule has 1 rings (SSSR count). The maximum absolute atomic E-state index is 11.5. The SMILES string of the molecule is CCOC(=O)C[Si](C)(C)c1ccc(N)cc1. The number of carbonyl (C=O) groups is 1. The number of anilines is 1. The summed E-state index contributed by atoms with van der Waals surface area (Å²) in [7, 11) is -1.73. The van der Waals surface area contributed by atoms with Crippen molar-refractivity contribution in [1.82, 2.24) is 0 Å². The van der Waals surface area contributed by atoms with Gasteiger partial charge in [-0.3, -0.25) is 4.79 Å². The molecule has 88 valence electrons. The molecular weight excluding hydrogens is 218 g/mol. The maximum atomic E-state index is 11.5. The second kappa shape index (κ2) is 5.16. The lowest BCUT2D eigenvalue weighted by Gasteiger charge is -2.21. The van der Waals surface area contributed by atoms with Gasteiger partial charge in [0.2, 0.25) is 0 Å². The van der Waals surface area contributed by atoms with Crippen molar-refractivity contribution in [2.45, 2.75) is 26.1 Å². The van der Waals surface area contributed by atoms with Gasteiger partial charge in [-0.05, 0) is 19.1 Å². The number of carbonyl (C=O) groups excluding carboxylic acids is 1. The Kier molecular flexibility index (Phi) is 4.12. The summed E-state index contributed by atoms with van der Waals surface area (Å²) in [6, 6.07) is 8.32. The smallest absolute Gasteiger partial charge is 0.303 e. The Morgan fingerprint density at radius 1 is 1.31 bits per heavy atom. The molecule has 0 aliphatic carbocycles. The molecule has 0 spiro atoms. The van der Waals surface area contributed by atoms with E-state index in [4.69, 9.17) is 10.5 Å². The summed E-state index contributed by atoms with van der Waals surface area (Å²) in [4.78, 5) is 11.5. The molecule has 0 heterocycles. The van der Waals surface area contributed by atoms with E-state index in [2.05, 4.69) is 13.1 Å². The van der Waals surface area contributed by atoms with Gasteiger partial charge in [-0.15, -0.1) is 0 Å². The molecule has 16 heavy (non-hydrogen) atoms. The highest BCUT2D eigenvalue weighted by Gasteiger charge is 2.27. The van der Waals surface area contributed by atoms with Crippen molar-refractivity contribution in [2.75, 3.05) is 12.3 Å². The summed E-state index contributed by atoms with van der Waals surface area (Å²) in [6.45, 7) is 6.60. The van der Waals surface area contributed by atoms with Gasteiger partial charge in [0.15, 0.2) is 0 Å². The van der Waals surface area contributed by atoms with Crippen LogP contribution < -0.4 is 10.9 Å². The summed E-state index contributed by atoms with van der Waals surface area (Å²) in [5.41, 5.74) is 6.40. The summed E-state index contributed by atoms with van der Waals surface area (Å²) >= 11 is 0. The van der Waals surface area contributed by atoms with Crippen LogP contribution in [0.25, 0.3) is 0 Å². The first kappa shape index (κ1) is 12.8. The van der Waals surface area contributed by atoms with Gasteiger partial charge in [0, 0.05) is 11.7 Å². The molecule has 0 atom stereocenters. The molecule has 0 aliphatic heterocycles. The number of benzene rings is 1. The van der Waals surface area contributed by atoms with E-state index in [9.17, 15) is 4.79 Å². The van der Waals surface area contributed by atoms with Gasteiger partial charge < -0.3 is 10.5 Å². The fraction of sp³-hybridized carbons (Fsp3) is 0.417. The molecule has 0 saturated carbocycles. The van der Waals surface area contributed by atoms with Crippen LogP contribution in [-0.2, 0) is 9.53 Å². The third kappa shape index (κ3) is 3.38. The minimum atomic E-state index is -1.73. The van der Waals surface area contributed by atoms with Crippen LogP contribution in [0, 0.1) is 0 Å². The number of nitrogens with two attached hydrogens (primary N) is 1. The van der Waals surface area contributed by atoms with E-state index in [0.717, 1.165) is 5.69 Å². The molecule has 0 saturated heterocycles. The first-order chi connectivity index (χ1) is 7.45. The van der Waals surface area contributed by atoms with Crippen molar-refractivity contribution in [1.29, 1.82) is 0 Å². The van der Waals surface area contributed by atoms with E-state index >= 15 is 0 Å². The van der Waals surface area contributed by atoms with Gasteiger partial charge in [0.05, 0.1) is 14.7 Å². The Morgan fingerprint density at radius 2 is 1.88 bits per heavy atom. The predicted octanol–water partition coefficient (Wildman–Crippen LogP) is 1.75. The zero-order chi connectivity index (χ0) is 12.2. The number of rotatable bonds is 4. The lowest BCUT2D eigenvalue weighted by atomic mass is 10.3. The molecule has 0 aromatic heterocycles. The van der Waals surface area contributed by atoms with Crippen LogP contribution >= 0.6 is 0 Å². The van der Waals surface area contributed by atoms with Crippen LogP contribution in [0.15, 0.2) is 24.3 Å². The number of esters is 1. The summed E-state index contributed by atoms with van der Waals surface area (Å²) in [5, 5.41) is 1.23. The molecule has 1 aromatic carbocycles. The van der Waals surface area contributed by atoms with Crippen LogP contribution in [0.1, 0.15) is 6.92 Å². The fourth-order valence-corrected chi connectivity index (χ4v) is 3.71. The molecule has 3 nitrogen and oxygen atoms in total. The van der Waals surface area contributed by atoms with Crippen molar-refractivity contribution in [2.24, 2.45) is 0 Å². The Bertz CT molecular complexity index is 360. The van der Waals surface area contributed by atoms with E-state index in [1.165, 1.54) is 5.19 Å². The monoisotopic (exact) mass is 237 g/mol. The fourth-order valence-electron chi connectivity index (χ4n) is 1.61. The Morgan fingerprint density at radius 3 is 2.38 bits per heavy atom. The highest BCUT2D eigenvalue weighted by atomic mass is 28.3. The van der Waals surface area contributed by atoms with E-state index in [0.29, 0.717) is 12.7 Å². The molecule has 2 N–H and O–H groups in total. The number of hydrogen-bond donors (Lipinski definition) is 1. The average Bonchev–Trinajstić information content (AvgIpc) is 2.17. The van der Waals surface area contributed by atoms with Crippen LogP contribution in [0.3, 0.4) is 0 Å². The minimum absolute atomic E-state index is 0.101. The van der Waals surface area contributed by atoms with Gasteiger partial charge in [-0.25, -0.2) is 0 Å². The predicted molar refractivity (Wildman–Crippen MR) is 69.4 cm³/mol. The zero-order valence-corrected chi connectivity index (χ0v) is 11.1. The Balaban J connectivity index is 2.76. The topological polar surface area (TPSA) is 52.3 Å². The highest BCUT2D eigenvalue weighted by molar-refractivity contribution is 6.91. The Hall–Kier alpha value is -1.29. The van der Waals surface area contributed by atoms with Gasteiger partial charge in [-0.2, -0.15) is 0 Å². The van der Waals surface area contributed by atoms with Gasteiger partial charge in [0.25, 0.3) is 0 Å². The van der Waals surface area contributed by atoms with Crippen molar-refractivity contribution in [3.05, 3.63) is 24.3 Å². The van der Waals surface area contributed by atoms with Crippen LogP contribution in [-0.4, -0.2) is 20.7 Å². The lowest BCUT2D eigenvalue weighted by Crippen LogP contribution is -2.43. The zero-order valence-electron chi connectivity index (χ0n) is 10.1. The van der Waals surface area contributed by atoms with E-state index in [-0.39, 0.29) is 5.97 Å². The molecule has 0 aliphatic rings. The number of hydrogen-bond acceptors (Lipinski definition) is 3. The Labute approximate surface area is 97.6 Å². The van der Waals surface area contributed by atoms with Crippen molar-refractivity contribution in [3.8, 4) is 0 Å². The van der Waals surface area contributed by atoms with Crippen molar-refractivity contribution < 1.29 is 9.53 Å². The molecule has 0 bridgehead atoms. The molecule has 4 heteroatoms. The third-order valence-electron chi connectivity index (χ3n) is 2.58. The summed E-state index contributed by atoms with van der Waals surface area (Å²) < 4.78 is 4.99. The van der Waals surface area contributed by atoms with Gasteiger partial charge >= 0.3 is 5.97 Å². The van der Waals surface area contributed by atoms with Crippen molar-refractivity contribution >= 4 is 24.9 Å². The molecule has 0 amide bonds.